The van der Waals surface area contributed by atoms with Gasteiger partial charge in [-0.25, -0.2) is 0 Å². The van der Waals surface area contributed by atoms with Crippen LogP contribution in [0.4, 0.5) is 5.69 Å². The van der Waals surface area contributed by atoms with Crippen molar-refractivity contribution in [3.63, 3.8) is 0 Å². The number of benzene rings is 2. The fourth-order valence-electron chi connectivity index (χ4n) is 2.03. The van der Waals surface area contributed by atoms with E-state index in [1.54, 1.807) is 6.21 Å². The summed E-state index contributed by atoms with van der Waals surface area (Å²) in [5.41, 5.74) is 4.04. The van der Waals surface area contributed by atoms with Crippen LogP contribution in [0, 0.1) is 24.3 Å². The number of rotatable bonds is 2. The average molecular weight is 381 g/mol. The van der Waals surface area contributed by atoms with E-state index in [4.69, 9.17) is 0 Å². The molecule has 0 aliphatic rings. The van der Waals surface area contributed by atoms with Crippen LogP contribution in [0.1, 0.15) is 22.3 Å². The molecule has 0 amide bonds. The quantitative estimate of drug-likeness (QED) is 0.599. The summed E-state index contributed by atoms with van der Waals surface area (Å²) in [6, 6.07) is 7.49. The van der Waals surface area contributed by atoms with Crippen molar-refractivity contribution in [3.05, 3.63) is 50.1 Å². The van der Waals surface area contributed by atoms with Crippen molar-refractivity contribution in [2.75, 3.05) is 0 Å². The minimum atomic E-state index is 0.175. The van der Waals surface area contributed by atoms with Gasteiger partial charge in [-0.1, -0.05) is 6.07 Å². The number of nitrogens with zero attached hydrogens (tertiary/aromatic N) is 1. The van der Waals surface area contributed by atoms with Gasteiger partial charge in [-0.15, -0.1) is 0 Å². The van der Waals surface area contributed by atoms with Crippen LogP contribution < -0.4 is 0 Å². The molecule has 0 heterocycles. The maximum Gasteiger partial charge on any atom is 0.144 e. The predicted molar refractivity (Wildman–Crippen MR) is 90.4 cm³/mol. The van der Waals surface area contributed by atoms with Crippen LogP contribution in [0.15, 0.2) is 29.3 Å². The number of hydrogen-bond acceptors (Lipinski definition) is 3. The zero-order valence-electron chi connectivity index (χ0n) is 11.6. The van der Waals surface area contributed by atoms with Crippen molar-refractivity contribution in [3.8, 4) is 11.5 Å². The second-order valence-electron chi connectivity index (χ2n) is 4.89. The second kappa shape index (κ2) is 5.83. The Morgan fingerprint density at radius 2 is 1.60 bits per heavy atom. The Hall–Kier alpha value is -1.56. The van der Waals surface area contributed by atoms with E-state index in [2.05, 4.69) is 27.6 Å². The molecular formula is C16H16INO2. The normalized spacial score (nSPS) is 11.2. The molecular weight excluding hydrogens is 365 g/mol. The summed E-state index contributed by atoms with van der Waals surface area (Å²) < 4.78 is 0.786. The van der Waals surface area contributed by atoms with E-state index in [0.29, 0.717) is 11.3 Å². The molecule has 0 saturated heterocycles. The third kappa shape index (κ3) is 3.12. The fourth-order valence-corrected chi connectivity index (χ4v) is 2.84. The highest BCUT2D eigenvalue weighted by Crippen LogP contribution is 2.32. The molecule has 0 unspecified atom stereocenters. The molecule has 4 heteroatoms. The highest BCUT2D eigenvalue weighted by Gasteiger charge is 2.07. The summed E-state index contributed by atoms with van der Waals surface area (Å²) in [7, 11) is 0. The molecule has 2 N–H and O–H groups in total. The molecule has 2 aromatic rings. The summed E-state index contributed by atoms with van der Waals surface area (Å²) in [5, 5.41) is 20.0. The van der Waals surface area contributed by atoms with E-state index in [0.717, 1.165) is 20.3 Å². The molecule has 0 bridgehead atoms. The van der Waals surface area contributed by atoms with Crippen LogP contribution in [-0.4, -0.2) is 16.4 Å². The lowest BCUT2D eigenvalue weighted by atomic mass is 10.1. The minimum Gasteiger partial charge on any atom is -0.506 e. The van der Waals surface area contributed by atoms with Gasteiger partial charge in [-0.3, -0.25) is 4.99 Å². The molecule has 104 valence electrons. The molecule has 0 atom stereocenters. The van der Waals surface area contributed by atoms with E-state index in [9.17, 15) is 10.2 Å². The first-order valence-electron chi connectivity index (χ1n) is 6.22. The predicted octanol–water partition coefficient (Wildman–Crippen LogP) is 4.38. The van der Waals surface area contributed by atoms with Crippen LogP contribution >= 0.6 is 22.6 Å². The highest BCUT2D eigenvalue weighted by atomic mass is 127. The lowest BCUT2D eigenvalue weighted by Crippen LogP contribution is -1.88. The molecule has 0 saturated carbocycles. The smallest absolute Gasteiger partial charge is 0.144 e. The van der Waals surface area contributed by atoms with Crippen molar-refractivity contribution in [2.45, 2.75) is 20.8 Å². The zero-order chi connectivity index (χ0) is 14.9. The first-order valence-corrected chi connectivity index (χ1v) is 7.29. The summed E-state index contributed by atoms with van der Waals surface area (Å²) in [6.07, 6.45) is 1.58. The van der Waals surface area contributed by atoms with Crippen LogP contribution in [0.25, 0.3) is 0 Å². The zero-order valence-corrected chi connectivity index (χ0v) is 13.8. The van der Waals surface area contributed by atoms with E-state index in [1.165, 1.54) is 0 Å². The first kappa shape index (κ1) is 14.8. The number of halogens is 1. The molecule has 0 aromatic heterocycles. The van der Waals surface area contributed by atoms with Crippen molar-refractivity contribution in [1.29, 1.82) is 0 Å². The Balaban J connectivity index is 2.45. The van der Waals surface area contributed by atoms with Gasteiger partial charge in [0.05, 0.1) is 3.57 Å². The molecule has 0 aliphatic heterocycles. The molecule has 2 rings (SSSR count). The van der Waals surface area contributed by atoms with Crippen molar-refractivity contribution in [2.24, 2.45) is 4.99 Å². The number of phenols is 2. The molecule has 20 heavy (non-hydrogen) atoms. The number of aliphatic imine (C=N–C) groups is 1. The fraction of sp³-hybridized carbons (Fsp3) is 0.188. The Kier molecular flexibility index (Phi) is 4.32. The topological polar surface area (TPSA) is 52.8 Å². The summed E-state index contributed by atoms with van der Waals surface area (Å²) in [6.45, 7) is 5.76. The maximum absolute atomic E-state index is 10.0. The van der Waals surface area contributed by atoms with Gasteiger partial charge in [-0.05, 0) is 78.3 Å². The van der Waals surface area contributed by atoms with Crippen molar-refractivity contribution < 1.29 is 10.2 Å². The first-order chi connectivity index (χ1) is 9.38. The van der Waals surface area contributed by atoms with Gasteiger partial charge in [0.1, 0.15) is 17.2 Å². The van der Waals surface area contributed by atoms with Gasteiger partial charge in [0.2, 0.25) is 0 Å². The Labute approximate surface area is 132 Å². The van der Waals surface area contributed by atoms with Gasteiger partial charge in [0.25, 0.3) is 0 Å². The second-order valence-corrected chi connectivity index (χ2v) is 6.05. The van der Waals surface area contributed by atoms with Crippen molar-refractivity contribution >= 4 is 34.5 Å². The lowest BCUT2D eigenvalue weighted by Gasteiger charge is -2.06. The molecule has 0 spiro atoms. The van der Waals surface area contributed by atoms with Gasteiger partial charge >= 0.3 is 0 Å². The van der Waals surface area contributed by atoms with E-state index >= 15 is 0 Å². The standard InChI is InChI=1S/C16H16INO2/c1-9-4-11(3)15(19)14(7-9)18-8-12-5-10(2)6-13(17)16(12)20/h4-8,19-20H,1-3H3/b18-8+. The Morgan fingerprint density at radius 3 is 2.30 bits per heavy atom. The van der Waals surface area contributed by atoms with Gasteiger partial charge < -0.3 is 10.2 Å². The summed E-state index contributed by atoms with van der Waals surface area (Å²) >= 11 is 2.09. The summed E-state index contributed by atoms with van der Waals surface area (Å²) in [5.74, 6) is 0.387. The largest absolute Gasteiger partial charge is 0.506 e. The van der Waals surface area contributed by atoms with Crippen molar-refractivity contribution in [1.82, 2.24) is 0 Å². The number of aromatic hydroxyl groups is 2. The van der Waals surface area contributed by atoms with Crippen LogP contribution in [0.3, 0.4) is 0 Å². The third-order valence-electron chi connectivity index (χ3n) is 3.00. The maximum atomic E-state index is 10.0. The Morgan fingerprint density at radius 1 is 0.950 bits per heavy atom. The minimum absolute atomic E-state index is 0.175. The average Bonchev–Trinajstić information content (AvgIpc) is 2.37. The molecule has 0 aliphatic carbocycles. The molecule has 0 radical (unpaired) electrons. The van der Waals surface area contributed by atoms with E-state index in [-0.39, 0.29) is 11.5 Å². The number of hydrogen-bond donors (Lipinski definition) is 2. The van der Waals surface area contributed by atoms with Crippen LogP contribution in [0.2, 0.25) is 0 Å². The molecule has 2 aromatic carbocycles. The molecule has 3 nitrogen and oxygen atoms in total. The van der Waals surface area contributed by atoms with Gasteiger partial charge in [0.15, 0.2) is 0 Å². The van der Waals surface area contributed by atoms with Crippen LogP contribution in [0.5, 0.6) is 11.5 Å². The van der Waals surface area contributed by atoms with Crippen LogP contribution in [-0.2, 0) is 0 Å². The Bertz CT molecular complexity index is 634. The van der Waals surface area contributed by atoms with Gasteiger partial charge in [-0.2, -0.15) is 0 Å². The van der Waals surface area contributed by atoms with E-state index < -0.39 is 0 Å². The van der Waals surface area contributed by atoms with Gasteiger partial charge in [0, 0.05) is 11.8 Å². The monoisotopic (exact) mass is 381 g/mol. The number of phenolic OH excluding ortho intramolecular Hbond substituents is 2. The SMILES string of the molecule is Cc1cc(I)c(O)c(/C=N/c2cc(C)cc(C)c2O)c1. The number of aryl methyl sites for hydroxylation is 3. The third-order valence-corrected chi connectivity index (χ3v) is 3.83. The molecule has 0 fully saturated rings. The summed E-state index contributed by atoms with van der Waals surface area (Å²) in [4.78, 5) is 4.30. The van der Waals surface area contributed by atoms with E-state index in [1.807, 2.05) is 45.0 Å². The highest BCUT2D eigenvalue weighted by molar-refractivity contribution is 14.1. The lowest BCUT2D eigenvalue weighted by molar-refractivity contribution is 0.470.